The lowest BCUT2D eigenvalue weighted by atomic mass is 9.99. The van der Waals surface area contributed by atoms with Gasteiger partial charge in [-0.2, -0.15) is 0 Å². The fourth-order valence-corrected chi connectivity index (χ4v) is 5.53. The highest BCUT2D eigenvalue weighted by Crippen LogP contribution is 2.24. The molecule has 41 heavy (non-hydrogen) atoms. The van der Waals surface area contributed by atoms with Crippen LogP contribution in [0, 0.1) is 6.92 Å². The van der Waals surface area contributed by atoms with Crippen molar-refractivity contribution in [3.05, 3.63) is 119 Å². The summed E-state index contributed by atoms with van der Waals surface area (Å²) >= 11 is 0. The molecule has 0 heterocycles. The monoisotopic (exact) mass is 570 g/mol. The van der Waals surface area contributed by atoms with Crippen LogP contribution in [0.3, 0.4) is 0 Å². The number of amides is 2. The third-order valence-electron chi connectivity index (χ3n) is 6.39. The number of ether oxygens (including phenoxy) is 1. The smallest absolute Gasteiger partial charge is 0.257 e. The van der Waals surface area contributed by atoms with Crippen LogP contribution in [0.25, 0.3) is 0 Å². The van der Waals surface area contributed by atoms with E-state index in [1.165, 1.54) is 19.2 Å². The topological polar surface area (TPSA) is 119 Å². The SMILES string of the molecule is COc1ccc(S(=O)(=O)CCCC(=O)Nc2ccccc2C(=O)Nc2ccc(C)cc2C(=O)c2ccccc2)cc1. The standard InChI is InChI=1S/C32H30N2O6S/c1-22-14-19-29(27(21-22)31(36)23-9-4-3-5-10-23)34-32(37)26-11-6-7-12-28(26)33-30(35)13-8-20-41(38,39)25-17-15-24(40-2)16-18-25/h3-7,9-12,14-19,21H,8,13,20H2,1-2H3,(H,33,35)(H,34,37). The van der Waals surface area contributed by atoms with Crippen molar-refractivity contribution in [2.45, 2.75) is 24.7 Å². The average molecular weight is 571 g/mol. The summed E-state index contributed by atoms with van der Waals surface area (Å²) in [6.07, 6.45) is 0.0436. The minimum atomic E-state index is -3.57. The van der Waals surface area contributed by atoms with Crippen LogP contribution in [-0.2, 0) is 14.6 Å². The molecule has 0 aliphatic carbocycles. The van der Waals surface area contributed by atoms with E-state index in [9.17, 15) is 22.8 Å². The molecule has 4 rings (SSSR count). The lowest BCUT2D eigenvalue weighted by Crippen LogP contribution is -2.20. The van der Waals surface area contributed by atoms with E-state index in [0.29, 0.717) is 22.6 Å². The van der Waals surface area contributed by atoms with Gasteiger partial charge in [0.05, 0.1) is 34.7 Å². The fourth-order valence-electron chi connectivity index (χ4n) is 4.22. The van der Waals surface area contributed by atoms with Crippen LogP contribution >= 0.6 is 0 Å². The Hall–Kier alpha value is -4.76. The molecule has 0 bridgehead atoms. The van der Waals surface area contributed by atoms with Gasteiger partial charge in [-0.25, -0.2) is 8.42 Å². The molecule has 210 valence electrons. The molecule has 0 atom stereocenters. The number of methoxy groups -OCH3 is 1. The molecular weight excluding hydrogens is 540 g/mol. The Bertz CT molecular complexity index is 1670. The molecule has 8 nitrogen and oxygen atoms in total. The first-order valence-corrected chi connectivity index (χ1v) is 14.6. The van der Waals surface area contributed by atoms with Crippen molar-refractivity contribution >= 4 is 38.8 Å². The van der Waals surface area contributed by atoms with Gasteiger partial charge in [0.25, 0.3) is 5.91 Å². The number of carbonyl (C=O) groups is 3. The van der Waals surface area contributed by atoms with E-state index in [0.717, 1.165) is 5.56 Å². The Balaban J connectivity index is 1.43. The zero-order chi connectivity index (χ0) is 29.4. The van der Waals surface area contributed by atoms with Crippen LogP contribution in [0.4, 0.5) is 11.4 Å². The van der Waals surface area contributed by atoms with Crippen LogP contribution in [0.2, 0.25) is 0 Å². The highest BCUT2D eigenvalue weighted by molar-refractivity contribution is 7.91. The summed E-state index contributed by atoms with van der Waals surface area (Å²) in [6.45, 7) is 1.86. The highest BCUT2D eigenvalue weighted by Gasteiger charge is 2.19. The number of carbonyl (C=O) groups excluding carboxylic acids is 3. The van der Waals surface area contributed by atoms with Gasteiger partial charge in [-0.05, 0) is 61.9 Å². The van der Waals surface area contributed by atoms with Gasteiger partial charge in [-0.15, -0.1) is 0 Å². The van der Waals surface area contributed by atoms with Crippen molar-refractivity contribution in [1.29, 1.82) is 0 Å². The molecule has 0 fully saturated rings. The van der Waals surface area contributed by atoms with E-state index in [1.54, 1.807) is 78.9 Å². The zero-order valence-corrected chi connectivity index (χ0v) is 23.5. The first-order valence-electron chi connectivity index (χ1n) is 13.0. The Labute approximate surface area is 239 Å². The number of para-hydroxylation sites is 1. The summed E-state index contributed by atoms with van der Waals surface area (Å²) in [5.41, 5.74) is 2.53. The molecule has 2 N–H and O–H groups in total. The largest absolute Gasteiger partial charge is 0.497 e. The van der Waals surface area contributed by atoms with Crippen molar-refractivity contribution in [2.24, 2.45) is 0 Å². The predicted octanol–water partition coefficient (Wildman–Crippen LogP) is 5.68. The number of nitrogens with one attached hydrogen (secondary N) is 2. The predicted molar refractivity (Wildman–Crippen MR) is 158 cm³/mol. The second-order valence-electron chi connectivity index (χ2n) is 9.39. The van der Waals surface area contributed by atoms with Gasteiger partial charge in [-0.1, -0.05) is 54.1 Å². The summed E-state index contributed by atoms with van der Waals surface area (Å²) < 4.78 is 30.3. The number of ketones is 1. The minimum Gasteiger partial charge on any atom is -0.497 e. The van der Waals surface area contributed by atoms with Crippen LogP contribution in [0.5, 0.6) is 5.75 Å². The van der Waals surface area contributed by atoms with Crippen molar-refractivity contribution in [1.82, 2.24) is 0 Å². The number of hydrogen-bond acceptors (Lipinski definition) is 6. The van der Waals surface area contributed by atoms with E-state index < -0.39 is 21.7 Å². The molecule has 0 radical (unpaired) electrons. The molecule has 0 aliphatic rings. The van der Waals surface area contributed by atoms with E-state index in [4.69, 9.17) is 4.74 Å². The van der Waals surface area contributed by atoms with E-state index >= 15 is 0 Å². The first-order chi connectivity index (χ1) is 19.7. The second-order valence-corrected chi connectivity index (χ2v) is 11.5. The van der Waals surface area contributed by atoms with Gasteiger partial charge in [0.15, 0.2) is 15.6 Å². The summed E-state index contributed by atoms with van der Waals surface area (Å²) in [6, 6.07) is 26.5. The molecule has 4 aromatic rings. The lowest BCUT2D eigenvalue weighted by molar-refractivity contribution is -0.116. The number of anilines is 2. The molecule has 0 saturated carbocycles. The Morgan fingerprint density at radius 3 is 2.12 bits per heavy atom. The molecule has 4 aromatic carbocycles. The summed E-state index contributed by atoms with van der Waals surface area (Å²) in [5, 5.41) is 5.52. The molecule has 0 aliphatic heterocycles. The molecule has 0 aromatic heterocycles. The first kappa shape index (κ1) is 29.2. The van der Waals surface area contributed by atoms with E-state index in [2.05, 4.69) is 10.6 Å². The van der Waals surface area contributed by atoms with Gasteiger partial charge in [0.2, 0.25) is 5.91 Å². The third-order valence-corrected chi connectivity index (χ3v) is 8.20. The highest BCUT2D eigenvalue weighted by atomic mass is 32.2. The maximum absolute atomic E-state index is 13.3. The van der Waals surface area contributed by atoms with Gasteiger partial charge < -0.3 is 15.4 Å². The van der Waals surface area contributed by atoms with Crippen LogP contribution < -0.4 is 15.4 Å². The third kappa shape index (κ3) is 7.46. The number of rotatable bonds is 11. The summed E-state index contributed by atoms with van der Waals surface area (Å²) in [5.74, 6) is -0.817. The van der Waals surface area contributed by atoms with Gasteiger partial charge in [-0.3, -0.25) is 14.4 Å². The Morgan fingerprint density at radius 2 is 1.41 bits per heavy atom. The Morgan fingerprint density at radius 1 is 0.756 bits per heavy atom. The molecule has 0 saturated heterocycles. The van der Waals surface area contributed by atoms with E-state index in [1.807, 2.05) is 13.0 Å². The quantitative estimate of drug-likeness (QED) is 0.224. The number of benzene rings is 4. The van der Waals surface area contributed by atoms with Crippen molar-refractivity contribution < 1.29 is 27.5 Å². The maximum atomic E-state index is 13.3. The van der Waals surface area contributed by atoms with Crippen molar-refractivity contribution in [3.8, 4) is 5.75 Å². The molecule has 2 amide bonds. The number of hydrogen-bond donors (Lipinski definition) is 2. The Kier molecular flexibility index (Phi) is 9.31. The van der Waals surface area contributed by atoms with E-state index in [-0.39, 0.29) is 40.5 Å². The normalized spacial score (nSPS) is 11.0. The number of sulfone groups is 1. The fraction of sp³-hybridized carbons (Fsp3) is 0.156. The van der Waals surface area contributed by atoms with Gasteiger partial charge in [0.1, 0.15) is 5.75 Å². The molecule has 0 unspecified atom stereocenters. The summed E-state index contributed by atoms with van der Waals surface area (Å²) in [4.78, 5) is 39.3. The lowest BCUT2D eigenvalue weighted by Gasteiger charge is -2.14. The molecule has 9 heteroatoms. The van der Waals surface area contributed by atoms with Gasteiger partial charge >= 0.3 is 0 Å². The van der Waals surface area contributed by atoms with Crippen LogP contribution in [0.1, 0.15) is 44.7 Å². The maximum Gasteiger partial charge on any atom is 0.257 e. The molecular formula is C32H30N2O6S. The van der Waals surface area contributed by atoms with Gasteiger partial charge in [0, 0.05) is 17.5 Å². The minimum absolute atomic E-state index is 0.0565. The summed E-state index contributed by atoms with van der Waals surface area (Å²) in [7, 11) is -2.07. The average Bonchev–Trinajstić information content (AvgIpc) is 2.98. The van der Waals surface area contributed by atoms with Crippen LogP contribution in [0.15, 0.2) is 102 Å². The number of aryl methyl sites for hydroxylation is 1. The van der Waals surface area contributed by atoms with Crippen molar-refractivity contribution in [2.75, 3.05) is 23.5 Å². The second kappa shape index (κ2) is 13.1. The van der Waals surface area contributed by atoms with Crippen LogP contribution in [-0.4, -0.2) is 38.9 Å². The molecule has 0 spiro atoms. The van der Waals surface area contributed by atoms with Crippen molar-refractivity contribution in [3.63, 3.8) is 0 Å². The zero-order valence-electron chi connectivity index (χ0n) is 22.7.